The smallest absolute Gasteiger partial charge is 0.265 e. The fraction of sp³-hybridized carbons (Fsp3) is 0.778. The SMILES string of the molecule is Cc1nc(C)c(C(=O)N2CCC3(CC2)[C@H](O)C[C@@H]3OCCN(C)C)s1. The van der Waals surface area contributed by atoms with Crippen LogP contribution in [-0.4, -0.2) is 78.3 Å². The number of aromatic nitrogens is 1. The molecule has 1 N–H and O–H groups in total. The Labute approximate surface area is 153 Å². The van der Waals surface area contributed by atoms with Gasteiger partial charge in [-0.1, -0.05) is 0 Å². The van der Waals surface area contributed by atoms with Crippen LogP contribution in [0.5, 0.6) is 0 Å². The van der Waals surface area contributed by atoms with E-state index in [-0.39, 0.29) is 23.5 Å². The lowest BCUT2D eigenvalue weighted by molar-refractivity contribution is -0.209. The van der Waals surface area contributed by atoms with Crippen molar-refractivity contribution >= 4 is 17.2 Å². The van der Waals surface area contributed by atoms with Gasteiger partial charge in [-0.05, 0) is 40.8 Å². The van der Waals surface area contributed by atoms with Gasteiger partial charge in [0.2, 0.25) is 0 Å². The number of nitrogens with zero attached hydrogens (tertiary/aromatic N) is 3. The van der Waals surface area contributed by atoms with Gasteiger partial charge in [-0.15, -0.1) is 11.3 Å². The van der Waals surface area contributed by atoms with E-state index in [1.165, 1.54) is 11.3 Å². The minimum Gasteiger partial charge on any atom is -0.392 e. The molecular formula is C18H29N3O3S. The number of carbonyl (C=O) groups is 1. The standard InChI is InChI=1S/C18H29N3O3S/c1-12-16(25-13(2)19-12)17(23)21-7-5-18(6-8-21)14(22)11-15(18)24-10-9-20(3)4/h14-15,22H,5-11H2,1-4H3/t14-,15+/m1/s1. The minimum absolute atomic E-state index is 0.0804. The molecule has 2 fully saturated rings. The van der Waals surface area contributed by atoms with Gasteiger partial charge in [-0.3, -0.25) is 4.79 Å². The number of likely N-dealkylation sites (tertiary alicyclic amines) is 1. The van der Waals surface area contributed by atoms with E-state index >= 15 is 0 Å². The monoisotopic (exact) mass is 367 g/mol. The number of aryl methyl sites for hydroxylation is 2. The maximum atomic E-state index is 12.8. The van der Waals surface area contributed by atoms with Crippen LogP contribution in [0.2, 0.25) is 0 Å². The second kappa shape index (κ2) is 7.31. The number of carbonyl (C=O) groups excluding carboxylic acids is 1. The predicted octanol–water partition coefficient (Wildman–Crippen LogP) is 1.69. The van der Waals surface area contributed by atoms with Crippen molar-refractivity contribution in [2.45, 2.75) is 45.3 Å². The molecule has 2 atom stereocenters. The molecule has 0 bridgehead atoms. The lowest BCUT2D eigenvalue weighted by Crippen LogP contribution is -2.63. The second-order valence-electron chi connectivity index (χ2n) is 7.59. The van der Waals surface area contributed by atoms with Gasteiger partial charge in [-0.25, -0.2) is 4.98 Å². The highest BCUT2D eigenvalue weighted by atomic mass is 32.1. The number of ether oxygens (including phenoxy) is 1. The molecule has 1 saturated heterocycles. The molecule has 1 amide bonds. The number of amides is 1. The Morgan fingerprint density at radius 2 is 2.08 bits per heavy atom. The van der Waals surface area contributed by atoms with Crippen LogP contribution in [0.25, 0.3) is 0 Å². The Bertz CT molecular complexity index is 623. The zero-order valence-electron chi connectivity index (χ0n) is 15.6. The van der Waals surface area contributed by atoms with Gasteiger partial charge >= 0.3 is 0 Å². The average molecular weight is 368 g/mol. The number of hydrogen-bond donors (Lipinski definition) is 1. The molecule has 3 rings (SSSR count). The van der Waals surface area contributed by atoms with E-state index < -0.39 is 0 Å². The molecule has 0 unspecified atom stereocenters. The summed E-state index contributed by atoms with van der Waals surface area (Å²) in [4.78, 5) is 21.9. The summed E-state index contributed by atoms with van der Waals surface area (Å²) in [5.74, 6) is 0.0804. The molecule has 1 saturated carbocycles. The van der Waals surface area contributed by atoms with Gasteiger partial charge in [0.15, 0.2) is 0 Å². The first-order valence-electron chi connectivity index (χ1n) is 9.01. The largest absolute Gasteiger partial charge is 0.392 e. The van der Waals surface area contributed by atoms with Crippen LogP contribution in [-0.2, 0) is 4.74 Å². The third-order valence-corrected chi connectivity index (χ3v) is 6.74. The van der Waals surface area contributed by atoms with E-state index in [0.29, 0.717) is 26.1 Å². The van der Waals surface area contributed by atoms with Gasteiger partial charge < -0.3 is 19.6 Å². The molecule has 25 heavy (non-hydrogen) atoms. The Balaban J connectivity index is 1.58. The predicted molar refractivity (Wildman–Crippen MR) is 98.1 cm³/mol. The maximum Gasteiger partial charge on any atom is 0.265 e. The third kappa shape index (κ3) is 3.60. The Morgan fingerprint density at radius 3 is 2.60 bits per heavy atom. The Morgan fingerprint density at radius 1 is 1.40 bits per heavy atom. The molecule has 6 nitrogen and oxygen atoms in total. The molecule has 1 aromatic heterocycles. The summed E-state index contributed by atoms with van der Waals surface area (Å²) in [6.45, 7) is 6.76. The number of hydrogen-bond acceptors (Lipinski definition) is 6. The molecular weight excluding hydrogens is 338 g/mol. The van der Waals surface area contributed by atoms with E-state index in [4.69, 9.17) is 4.74 Å². The van der Waals surface area contributed by atoms with E-state index in [2.05, 4.69) is 9.88 Å². The van der Waals surface area contributed by atoms with E-state index in [9.17, 15) is 9.90 Å². The van der Waals surface area contributed by atoms with Gasteiger partial charge in [0.05, 0.1) is 29.5 Å². The number of likely N-dealkylation sites (N-methyl/N-ethyl adjacent to an activating group) is 1. The van der Waals surface area contributed by atoms with Crippen LogP contribution in [0.3, 0.4) is 0 Å². The first-order chi connectivity index (χ1) is 11.8. The van der Waals surface area contributed by atoms with Crippen LogP contribution in [0.4, 0.5) is 0 Å². The molecule has 2 aliphatic rings. The fourth-order valence-corrected chi connectivity index (χ4v) is 4.88. The molecule has 140 valence electrons. The minimum atomic E-state index is -0.304. The van der Waals surface area contributed by atoms with Crippen molar-refractivity contribution in [1.29, 1.82) is 0 Å². The summed E-state index contributed by atoms with van der Waals surface area (Å²) >= 11 is 1.47. The molecule has 1 aromatic rings. The van der Waals surface area contributed by atoms with Gasteiger partial charge in [0, 0.05) is 31.5 Å². The Hall–Kier alpha value is -1.02. The van der Waals surface area contributed by atoms with Crippen molar-refractivity contribution in [1.82, 2.24) is 14.8 Å². The summed E-state index contributed by atoms with van der Waals surface area (Å²) in [5, 5.41) is 11.3. The van der Waals surface area contributed by atoms with Crippen LogP contribution >= 0.6 is 11.3 Å². The van der Waals surface area contributed by atoms with Crippen LogP contribution in [0, 0.1) is 19.3 Å². The van der Waals surface area contributed by atoms with Crippen molar-refractivity contribution in [3.8, 4) is 0 Å². The van der Waals surface area contributed by atoms with Crippen LogP contribution in [0.1, 0.15) is 39.6 Å². The molecule has 1 aliphatic heterocycles. The van der Waals surface area contributed by atoms with E-state index in [0.717, 1.165) is 35.0 Å². The second-order valence-corrected chi connectivity index (χ2v) is 8.79. The van der Waals surface area contributed by atoms with Crippen molar-refractivity contribution in [3.63, 3.8) is 0 Å². The highest BCUT2D eigenvalue weighted by Crippen LogP contribution is 2.51. The van der Waals surface area contributed by atoms with Crippen molar-refractivity contribution in [3.05, 3.63) is 15.6 Å². The van der Waals surface area contributed by atoms with Crippen LogP contribution < -0.4 is 0 Å². The van der Waals surface area contributed by atoms with Gasteiger partial charge in [0.1, 0.15) is 4.88 Å². The summed E-state index contributed by atoms with van der Waals surface area (Å²) < 4.78 is 6.04. The first kappa shape index (κ1) is 18.8. The molecule has 2 heterocycles. The van der Waals surface area contributed by atoms with E-state index in [1.54, 1.807) is 0 Å². The highest BCUT2D eigenvalue weighted by molar-refractivity contribution is 7.13. The average Bonchev–Trinajstić information content (AvgIpc) is 2.91. The molecule has 0 radical (unpaired) electrons. The van der Waals surface area contributed by atoms with Gasteiger partial charge in [-0.2, -0.15) is 0 Å². The van der Waals surface area contributed by atoms with Gasteiger partial charge in [0.25, 0.3) is 5.91 Å². The van der Waals surface area contributed by atoms with Crippen molar-refractivity contribution in [2.75, 3.05) is 40.3 Å². The molecule has 7 heteroatoms. The molecule has 0 aromatic carbocycles. The molecule has 1 spiro atoms. The summed E-state index contributed by atoms with van der Waals surface area (Å²) in [7, 11) is 4.06. The number of piperidine rings is 1. The van der Waals surface area contributed by atoms with Crippen molar-refractivity contribution in [2.24, 2.45) is 5.41 Å². The summed E-state index contributed by atoms with van der Waals surface area (Å²) in [6.07, 6.45) is 2.15. The van der Waals surface area contributed by atoms with Crippen molar-refractivity contribution < 1.29 is 14.6 Å². The topological polar surface area (TPSA) is 65.9 Å². The Kier molecular flexibility index (Phi) is 5.48. The quantitative estimate of drug-likeness (QED) is 0.858. The normalized spacial score (nSPS) is 25.4. The lowest BCUT2D eigenvalue weighted by atomic mass is 9.58. The zero-order valence-corrected chi connectivity index (χ0v) is 16.4. The summed E-state index contributed by atoms with van der Waals surface area (Å²) in [5.41, 5.74) is 0.656. The summed E-state index contributed by atoms with van der Waals surface area (Å²) in [6, 6.07) is 0. The lowest BCUT2D eigenvalue weighted by Gasteiger charge is -2.56. The number of aliphatic hydroxyl groups excluding tert-OH is 1. The third-order valence-electron chi connectivity index (χ3n) is 5.68. The van der Waals surface area contributed by atoms with Crippen LogP contribution in [0.15, 0.2) is 0 Å². The fourth-order valence-electron chi connectivity index (χ4n) is 3.99. The number of thiazole rings is 1. The first-order valence-corrected chi connectivity index (χ1v) is 9.83. The number of rotatable bonds is 5. The maximum absolute atomic E-state index is 12.8. The van der Waals surface area contributed by atoms with E-state index in [1.807, 2.05) is 32.8 Å². The molecule has 1 aliphatic carbocycles. The zero-order chi connectivity index (χ0) is 18.2. The highest BCUT2D eigenvalue weighted by Gasteiger charge is 2.56. The number of aliphatic hydroxyl groups is 1.